The van der Waals surface area contributed by atoms with Crippen LogP contribution in [0, 0.1) is 5.82 Å². The van der Waals surface area contributed by atoms with Crippen molar-refractivity contribution in [3.05, 3.63) is 63.5 Å². The van der Waals surface area contributed by atoms with E-state index in [0.29, 0.717) is 15.9 Å². The van der Waals surface area contributed by atoms with Crippen LogP contribution >= 0.6 is 15.9 Å². The van der Waals surface area contributed by atoms with Crippen molar-refractivity contribution in [3.63, 3.8) is 0 Å². The average Bonchev–Trinajstić information content (AvgIpc) is 3.35. The zero-order valence-electron chi connectivity index (χ0n) is 19.5. The Morgan fingerprint density at radius 3 is 2.72 bits per heavy atom. The van der Waals surface area contributed by atoms with E-state index in [0.717, 1.165) is 0 Å². The van der Waals surface area contributed by atoms with Crippen molar-refractivity contribution in [1.29, 1.82) is 0 Å². The highest BCUT2D eigenvalue weighted by molar-refractivity contribution is 9.10. The van der Waals surface area contributed by atoms with Crippen LogP contribution in [0.5, 0.6) is 0 Å². The maximum atomic E-state index is 14.3. The summed E-state index contributed by atoms with van der Waals surface area (Å²) in [4.78, 5) is 35.4. The van der Waals surface area contributed by atoms with E-state index in [1.54, 1.807) is 30.9 Å². The quantitative estimate of drug-likeness (QED) is 0.496. The van der Waals surface area contributed by atoms with Crippen molar-refractivity contribution in [2.24, 2.45) is 17.8 Å². The first-order valence-corrected chi connectivity index (χ1v) is 11.9. The van der Waals surface area contributed by atoms with Crippen molar-refractivity contribution >= 4 is 33.6 Å². The van der Waals surface area contributed by atoms with Gasteiger partial charge in [-0.15, -0.1) is 0 Å². The first-order valence-electron chi connectivity index (χ1n) is 11.1. The maximum Gasteiger partial charge on any atom is 0.338 e. The fraction of sp³-hybridized carbons (Fsp3) is 0.391. The molecule has 1 aromatic carbocycles. The van der Waals surface area contributed by atoms with Gasteiger partial charge < -0.3 is 20.4 Å². The maximum absolute atomic E-state index is 14.3. The predicted octanol–water partition coefficient (Wildman–Crippen LogP) is 2.42. The molecule has 0 unspecified atom stereocenters. The summed E-state index contributed by atoms with van der Waals surface area (Å²) in [5.74, 6) is -4.58. The lowest BCUT2D eigenvalue weighted by Gasteiger charge is -2.31. The highest BCUT2D eigenvalue weighted by atomic mass is 79.9. The lowest BCUT2D eigenvalue weighted by Crippen LogP contribution is -2.45. The second kappa shape index (κ2) is 10.1. The number of alkyl halides is 2. The summed E-state index contributed by atoms with van der Waals surface area (Å²) in [6, 6.07) is 1.72. The molecule has 3 N–H and O–H groups in total. The molecule has 192 valence electrons. The molecule has 36 heavy (non-hydrogen) atoms. The van der Waals surface area contributed by atoms with Crippen LogP contribution in [-0.4, -0.2) is 63.8 Å². The number of esters is 1. The van der Waals surface area contributed by atoms with Crippen molar-refractivity contribution in [1.82, 2.24) is 19.8 Å². The Kier molecular flexibility index (Phi) is 7.23. The van der Waals surface area contributed by atoms with Gasteiger partial charge in [-0.1, -0.05) is 22.0 Å². The van der Waals surface area contributed by atoms with Gasteiger partial charge in [-0.3, -0.25) is 14.7 Å². The number of carbonyl (C=O) groups excluding carboxylic acids is 2. The molecule has 13 heteroatoms. The highest BCUT2D eigenvalue weighted by Crippen LogP contribution is 2.38. The number of amides is 1. The lowest BCUT2D eigenvalue weighted by atomic mass is 9.95. The van der Waals surface area contributed by atoms with Crippen LogP contribution in [0.3, 0.4) is 0 Å². The SMILES string of the molecule is CCOC(=O)C1=C(CN2CC(F)(F)C[C@H]2C(N)=O)NC(c2nccn2C)=N[C@H]1c1ccc(F)cc1Br. The van der Waals surface area contributed by atoms with Crippen LogP contribution in [0.15, 0.2) is 51.3 Å². The number of hydrogen-bond donors (Lipinski definition) is 2. The third kappa shape index (κ3) is 5.16. The second-order valence-electron chi connectivity index (χ2n) is 8.53. The zero-order chi connectivity index (χ0) is 26.2. The lowest BCUT2D eigenvalue weighted by molar-refractivity contribution is -0.139. The van der Waals surface area contributed by atoms with E-state index in [4.69, 9.17) is 15.5 Å². The van der Waals surface area contributed by atoms with Crippen molar-refractivity contribution in [3.8, 4) is 0 Å². The Hall–Kier alpha value is -3.19. The van der Waals surface area contributed by atoms with E-state index in [1.165, 1.54) is 23.1 Å². The predicted molar refractivity (Wildman–Crippen MR) is 128 cm³/mol. The van der Waals surface area contributed by atoms with Gasteiger partial charge in [0.1, 0.15) is 11.9 Å². The zero-order valence-corrected chi connectivity index (χ0v) is 21.1. The minimum Gasteiger partial charge on any atom is -0.463 e. The summed E-state index contributed by atoms with van der Waals surface area (Å²) in [6.45, 7) is 0.719. The van der Waals surface area contributed by atoms with E-state index in [9.17, 15) is 22.8 Å². The summed E-state index contributed by atoms with van der Waals surface area (Å²) in [5, 5.41) is 3.05. The standard InChI is InChI=1S/C23H24BrF3N6O3/c1-3-36-22(35)17-15(10-33-11-23(26,27)9-16(33)19(28)34)30-20(21-29-6-7-32(21)2)31-18(17)13-5-4-12(25)8-14(13)24/h4-8,16,18H,3,9-11H2,1-2H3,(H2,28,34)(H,30,31)/t16-,18-/m0/s1. The Morgan fingerprint density at radius 2 is 2.11 bits per heavy atom. The first-order chi connectivity index (χ1) is 17.0. The summed E-state index contributed by atoms with van der Waals surface area (Å²) in [5.41, 5.74) is 6.10. The van der Waals surface area contributed by atoms with E-state index >= 15 is 0 Å². The summed E-state index contributed by atoms with van der Waals surface area (Å²) in [6.07, 6.45) is 2.52. The van der Waals surface area contributed by atoms with Gasteiger partial charge in [-0.25, -0.2) is 22.9 Å². The van der Waals surface area contributed by atoms with E-state index in [2.05, 4.69) is 26.2 Å². The number of aryl methyl sites for hydroxylation is 1. The molecule has 0 saturated carbocycles. The third-order valence-electron chi connectivity index (χ3n) is 5.97. The molecule has 2 atom stereocenters. The summed E-state index contributed by atoms with van der Waals surface area (Å²) < 4.78 is 49.7. The number of primary amides is 1. The number of benzene rings is 1. The first kappa shape index (κ1) is 25.9. The number of amidine groups is 1. The molecule has 0 spiro atoms. The molecule has 1 amide bonds. The largest absolute Gasteiger partial charge is 0.463 e. The van der Waals surface area contributed by atoms with E-state index < -0.39 is 48.7 Å². The fourth-order valence-electron chi connectivity index (χ4n) is 4.36. The van der Waals surface area contributed by atoms with Crippen LogP contribution in [0.25, 0.3) is 0 Å². The number of aromatic nitrogens is 2. The number of ether oxygens (including phenoxy) is 1. The smallest absolute Gasteiger partial charge is 0.338 e. The molecule has 2 aliphatic rings. The monoisotopic (exact) mass is 568 g/mol. The van der Waals surface area contributed by atoms with Crippen LogP contribution in [0.4, 0.5) is 13.2 Å². The van der Waals surface area contributed by atoms with Gasteiger partial charge in [0.05, 0.1) is 24.8 Å². The Labute approximate surface area is 213 Å². The molecule has 0 radical (unpaired) electrons. The molecule has 3 heterocycles. The van der Waals surface area contributed by atoms with E-state index in [1.807, 2.05) is 0 Å². The molecule has 0 bridgehead atoms. The molecule has 1 saturated heterocycles. The molecule has 2 aromatic rings. The topological polar surface area (TPSA) is 115 Å². The normalized spacial score (nSPS) is 21.8. The fourth-order valence-corrected chi connectivity index (χ4v) is 4.93. The third-order valence-corrected chi connectivity index (χ3v) is 6.66. The summed E-state index contributed by atoms with van der Waals surface area (Å²) in [7, 11) is 1.74. The van der Waals surface area contributed by atoms with Crippen molar-refractivity contribution < 1.29 is 27.5 Å². The Balaban J connectivity index is 1.87. The molecule has 1 fully saturated rings. The van der Waals surface area contributed by atoms with Gasteiger partial charge in [-0.05, 0) is 24.6 Å². The number of nitrogens with one attached hydrogen (secondary N) is 1. The highest BCUT2D eigenvalue weighted by Gasteiger charge is 2.48. The average molecular weight is 569 g/mol. The number of rotatable bonds is 7. The number of imidazole rings is 1. The molecule has 4 rings (SSSR count). The Morgan fingerprint density at radius 1 is 1.36 bits per heavy atom. The molecule has 0 aliphatic carbocycles. The van der Waals surface area contributed by atoms with Crippen molar-refractivity contribution in [2.75, 3.05) is 19.7 Å². The van der Waals surface area contributed by atoms with Crippen LogP contribution in [0.2, 0.25) is 0 Å². The summed E-state index contributed by atoms with van der Waals surface area (Å²) >= 11 is 3.34. The van der Waals surface area contributed by atoms with Gasteiger partial charge in [0, 0.05) is 42.6 Å². The number of carbonyl (C=O) groups is 2. The molecule has 1 aromatic heterocycles. The van der Waals surface area contributed by atoms with Gasteiger partial charge in [-0.2, -0.15) is 0 Å². The van der Waals surface area contributed by atoms with Crippen LogP contribution < -0.4 is 11.1 Å². The molecular weight excluding hydrogens is 545 g/mol. The molecule has 2 aliphatic heterocycles. The van der Waals surface area contributed by atoms with Crippen LogP contribution in [0.1, 0.15) is 30.8 Å². The minimum absolute atomic E-state index is 0.0422. The number of likely N-dealkylation sites (tertiary alicyclic amines) is 1. The van der Waals surface area contributed by atoms with Gasteiger partial charge in [0.2, 0.25) is 5.91 Å². The van der Waals surface area contributed by atoms with Gasteiger partial charge >= 0.3 is 5.97 Å². The van der Waals surface area contributed by atoms with Crippen molar-refractivity contribution in [2.45, 2.75) is 31.4 Å². The number of nitrogens with zero attached hydrogens (tertiary/aromatic N) is 4. The minimum atomic E-state index is -3.13. The van der Waals surface area contributed by atoms with Crippen LogP contribution in [-0.2, 0) is 21.4 Å². The van der Waals surface area contributed by atoms with Gasteiger partial charge in [0.25, 0.3) is 5.92 Å². The van der Waals surface area contributed by atoms with Gasteiger partial charge in [0.15, 0.2) is 11.7 Å². The number of halogens is 4. The van der Waals surface area contributed by atoms with E-state index in [-0.39, 0.29) is 30.3 Å². The number of aliphatic imine (C=N–C) groups is 1. The number of nitrogens with two attached hydrogens (primary N) is 1. The Bertz CT molecular complexity index is 1260. The molecule has 9 nitrogen and oxygen atoms in total. The second-order valence-corrected chi connectivity index (χ2v) is 9.38. The molecular formula is C23H24BrF3N6O3. The number of hydrogen-bond acceptors (Lipinski definition) is 7.